The second-order valence-corrected chi connectivity index (χ2v) is 8.41. The molecule has 5 rings (SSSR count). The van der Waals surface area contributed by atoms with Crippen molar-refractivity contribution in [1.29, 1.82) is 0 Å². The maximum absolute atomic E-state index is 6.16. The van der Waals surface area contributed by atoms with E-state index in [1.54, 1.807) is 0 Å². The Kier molecular flexibility index (Phi) is 2.31. The maximum atomic E-state index is 6.16. The summed E-state index contributed by atoms with van der Waals surface area (Å²) >= 11 is 0. The van der Waals surface area contributed by atoms with E-state index in [9.17, 15) is 0 Å². The average molecular weight is 248 g/mol. The number of ether oxygens (including phenoxy) is 1. The van der Waals surface area contributed by atoms with Gasteiger partial charge in [0.1, 0.15) is 0 Å². The molecule has 2 heterocycles. The molecule has 3 saturated carbocycles. The lowest BCUT2D eigenvalue weighted by atomic mass is 9.49. The van der Waals surface area contributed by atoms with Gasteiger partial charge >= 0.3 is 0 Å². The smallest absolute Gasteiger partial charge is 0.0578 e. The SMILES string of the molecule is CC1CC2CCC1(C1C3CCC(C3)C1(C)C)CO2. The summed E-state index contributed by atoms with van der Waals surface area (Å²) in [5, 5.41) is 0. The van der Waals surface area contributed by atoms with Crippen LogP contribution in [-0.2, 0) is 4.74 Å². The monoisotopic (exact) mass is 248 g/mol. The highest BCUT2D eigenvalue weighted by molar-refractivity contribution is 5.11. The first-order valence-electron chi connectivity index (χ1n) is 8.15. The van der Waals surface area contributed by atoms with E-state index < -0.39 is 0 Å². The Bertz CT molecular complexity index is 351. The van der Waals surface area contributed by atoms with Crippen molar-refractivity contribution in [2.75, 3.05) is 6.61 Å². The molecule has 18 heavy (non-hydrogen) atoms. The molecule has 5 aliphatic rings. The van der Waals surface area contributed by atoms with Gasteiger partial charge in [-0.3, -0.25) is 0 Å². The van der Waals surface area contributed by atoms with Gasteiger partial charge in [-0.15, -0.1) is 0 Å². The van der Waals surface area contributed by atoms with Gasteiger partial charge in [0.15, 0.2) is 0 Å². The average Bonchev–Trinajstić information content (AvgIpc) is 2.89. The van der Waals surface area contributed by atoms with Crippen LogP contribution in [0.4, 0.5) is 0 Å². The molecule has 0 amide bonds. The first-order valence-corrected chi connectivity index (χ1v) is 8.15. The predicted octanol–water partition coefficient (Wildman–Crippen LogP) is 4.26. The number of fused-ring (bicyclic) bond motifs is 5. The molecule has 0 aromatic heterocycles. The maximum Gasteiger partial charge on any atom is 0.0578 e. The van der Waals surface area contributed by atoms with Gasteiger partial charge in [-0.1, -0.05) is 20.8 Å². The molecule has 0 aromatic rings. The third kappa shape index (κ3) is 1.27. The van der Waals surface area contributed by atoms with E-state index in [2.05, 4.69) is 20.8 Å². The van der Waals surface area contributed by atoms with E-state index in [1.807, 2.05) is 0 Å². The van der Waals surface area contributed by atoms with Crippen LogP contribution >= 0.6 is 0 Å². The van der Waals surface area contributed by atoms with Gasteiger partial charge in [0, 0.05) is 5.41 Å². The summed E-state index contributed by atoms with van der Waals surface area (Å²) in [4.78, 5) is 0. The molecule has 2 saturated heterocycles. The predicted molar refractivity (Wildman–Crippen MR) is 73.3 cm³/mol. The fourth-order valence-electron chi connectivity index (χ4n) is 6.68. The fraction of sp³-hybridized carbons (Fsp3) is 1.00. The second kappa shape index (κ2) is 3.53. The summed E-state index contributed by atoms with van der Waals surface area (Å²) in [6, 6.07) is 0. The Balaban J connectivity index is 1.73. The van der Waals surface area contributed by atoms with Crippen LogP contribution in [0.5, 0.6) is 0 Å². The number of hydrogen-bond donors (Lipinski definition) is 0. The normalized spacial score (nSPS) is 57.2. The van der Waals surface area contributed by atoms with Crippen molar-refractivity contribution in [3.63, 3.8) is 0 Å². The van der Waals surface area contributed by atoms with Crippen LogP contribution in [-0.4, -0.2) is 12.7 Å². The molecule has 102 valence electrons. The van der Waals surface area contributed by atoms with Crippen molar-refractivity contribution < 1.29 is 4.74 Å². The van der Waals surface area contributed by atoms with Crippen LogP contribution in [0.25, 0.3) is 0 Å². The van der Waals surface area contributed by atoms with Gasteiger partial charge in [-0.05, 0) is 67.6 Å². The largest absolute Gasteiger partial charge is 0.378 e. The van der Waals surface area contributed by atoms with Crippen molar-refractivity contribution in [1.82, 2.24) is 0 Å². The van der Waals surface area contributed by atoms with Crippen molar-refractivity contribution in [2.45, 2.75) is 65.4 Å². The molecular formula is C17H28O. The first-order chi connectivity index (χ1) is 8.54. The number of hydrogen-bond acceptors (Lipinski definition) is 1. The standard InChI is InChI=1S/C17H28O/c1-11-8-14-6-7-17(11,10-18-14)15-12-4-5-13(9-12)16(15,2)3/h11-15H,4-10H2,1-3H3. The summed E-state index contributed by atoms with van der Waals surface area (Å²) < 4.78 is 6.16. The Hall–Kier alpha value is -0.0400. The molecular weight excluding hydrogens is 220 g/mol. The molecule has 3 aliphatic carbocycles. The molecule has 6 atom stereocenters. The third-order valence-electron chi connectivity index (χ3n) is 7.54. The quantitative estimate of drug-likeness (QED) is 0.673. The third-order valence-corrected chi connectivity index (χ3v) is 7.54. The number of rotatable bonds is 1. The highest BCUT2D eigenvalue weighted by Gasteiger charge is 2.63. The topological polar surface area (TPSA) is 9.23 Å². The lowest BCUT2D eigenvalue weighted by molar-refractivity contribution is -0.197. The Labute approximate surface area is 112 Å². The van der Waals surface area contributed by atoms with E-state index in [-0.39, 0.29) is 0 Å². The lowest BCUT2D eigenvalue weighted by Gasteiger charge is -2.59. The first kappa shape index (κ1) is 11.8. The minimum atomic E-state index is 0.540. The summed E-state index contributed by atoms with van der Waals surface area (Å²) in [5.74, 6) is 3.87. The summed E-state index contributed by atoms with van der Waals surface area (Å²) in [6.07, 6.45) is 9.27. The zero-order valence-corrected chi connectivity index (χ0v) is 12.2. The van der Waals surface area contributed by atoms with Crippen molar-refractivity contribution in [2.24, 2.45) is 34.5 Å². The van der Waals surface area contributed by atoms with Crippen molar-refractivity contribution in [3.05, 3.63) is 0 Å². The summed E-state index contributed by atoms with van der Waals surface area (Å²) in [7, 11) is 0. The van der Waals surface area contributed by atoms with Crippen LogP contribution in [0.1, 0.15) is 59.3 Å². The summed E-state index contributed by atoms with van der Waals surface area (Å²) in [5.41, 5.74) is 1.11. The Morgan fingerprint density at radius 3 is 2.44 bits per heavy atom. The molecule has 0 aromatic carbocycles. The highest BCUT2D eigenvalue weighted by atomic mass is 16.5. The summed E-state index contributed by atoms with van der Waals surface area (Å²) in [6.45, 7) is 8.75. The molecule has 4 bridgehead atoms. The molecule has 2 aliphatic heterocycles. The van der Waals surface area contributed by atoms with Crippen LogP contribution < -0.4 is 0 Å². The van der Waals surface area contributed by atoms with E-state index in [4.69, 9.17) is 4.74 Å². The van der Waals surface area contributed by atoms with Crippen LogP contribution in [0.3, 0.4) is 0 Å². The van der Waals surface area contributed by atoms with E-state index in [0.29, 0.717) is 16.9 Å². The second-order valence-electron chi connectivity index (χ2n) is 8.41. The molecule has 0 radical (unpaired) electrons. The molecule has 0 spiro atoms. The van der Waals surface area contributed by atoms with Gasteiger partial charge in [0.05, 0.1) is 12.7 Å². The fourth-order valence-corrected chi connectivity index (χ4v) is 6.68. The minimum Gasteiger partial charge on any atom is -0.378 e. The van der Waals surface area contributed by atoms with Crippen LogP contribution in [0, 0.1) is 34.5 Å². The van der Waals surface area contributed by atoms with Crippen molar-refractivity contribution >= 4 is 0 Å². The van der Waals surface area contributed by atoms with Gasteiger partial charge in [-0.25, -0.2) is 0 Å². The molecule has 1 heteroatoms. The van der Waals surface area contributed by atoms with Crippen LogP contribution in [0.15, 0.2) is 0 Å². The Morgan fingerprint density at radius 1 is 1.06 bits per heavy atom. The van der Waals surface area contributed by atoms with Crippen LogP contribution in [0.2, 0.25) is 0 Å². The van der Waals surface area contributed by atoms with Gasteiger partial charge < -0.3 is 4.74 Å². The lowest BCUT2D eigenvalue weighted by Crippen LogP contribution is -2.56. The zero-order chi connectivity index (χ0) is 12.5. The zero-order valence-electron chi connectivity index (χ0n) is 12.2. The van der Waals surface area contributed by atoms with Gasteiger partial charge in [-0.2, -0.15) is 0 Å². The van der Waals surface area contributed by atoms with Gasteiger partial charge in [0.25, 0.3) is 0 Å². The van der Waals surface area contributed by atoms with Crippen molar-refractivity contribution in [3.8, 4) is 0 Å². The molecule has 1 nitrogen and oxygen atoms in total. The van der Waals surface area contributed by atoms with E-state index >= 15 is 0 Å². The van der Waals surface area contributed by atoms with E-state index in [1.165, 1.54) is 38.5 Å². The Morgan fingerprint density at radius 2 is 1.89 bits per heavy atom. The van der Waals surface area contributed by atoms with Gasteiger partial charge in [0.2, 0.25) is 0 Å². The molecule has 5 fully saturated rings. The minimum absolute atomic E-state index is 0.540. The molecule has 6 unspecified atom stereocenters. The van der Waals surface area contributed by atoms with E-state index in [0.717, 1.165) is 30.3 Å². The molecule has 0 N–H and O–H groups in total. The highest BCUT2D eigenvalue weighted by Crippen LogP contribution is 2.68.